The SMILES string of the molecule is O=C1CN(S(=O)(=O)c2cc3cc(Cl)ccc3o2)CCN1NC1CCN(c2ccncc2)CC1. The topological polar surface area (TPSA) is 99.0 Å². The number of furan rings is 1. The number of hydrogen-bond acceptors (Lipinski definition) is 7. The molecule has 2 saturated heterocycles. The molecule has 11 heteroatoms. The minimum atomic E-state index is -3.93. The van der Waals surface area contributed by atoms with Gasteiger partial charge in [-0.05, 0) is 43.2 Å². The first-order valence-corrected chi connectivity index (χ1v) is 12.6. The average molecular weight is 490 g/mol. The number of halogens is 1. The molecule has 3 aromatic rings. The Hall–Kier alpha value is -2.66. The lowest BCUT2D eigenvalue weighted by Crippen LogP contribution is -2.60. The standard InChI is InChI=1S/C22H24ClN5O4S/c23-17-1-2-20-16(13-17)14-22(32-20)33(30,31)27-11-12-28(21(29)15-27)25-18-5-9-26(10-6-18)19-3-7-24-8-4-19/h1-4,7-8,13-14,18,25H,5-6,9-12,15H2. The molecular formula is C22H24ClN5O4S. The molecular weight excluding hydrogens is 466 g/mol. The van der Waals surface area contributed by atoms with Crippen molar-refractivity contribution in [3.8, 4) is 0 Å². The highest BCUT2D eigenvalue weighted by molar-refractivity contribution is 7.89. The molecule has 2 aromatic heterocycles. The Labute approximate surface area is 196 Å². The molecule has 9 nitrogen and oxygen atoms in total. The van der Waals surface area contributed by atoms with E-state index in [0.29, 0.717) is 16.0 Å². The highest BCUT2D eigenvalue weighted by atomic mass is 35.5. The first kappa shape index (κ1) is 22.1. The zero-order chi connectivity index (χ0) is 23.0. The van der Waals surface area contributed by atoms with Crippen molar-refractivity contribution in [2.24, 2.45) is 0 Å². The molecule has 174 valence electrons. The van der Waals surface area contributed by atoms with E-state index in [4.69, 9.17) is 16.0 Å². The van der Waals surface area contributed by atoms with E-state index in [1.54, 1.807) is 35.6 Å². The smallest absolute Gasteiger partial charge is 0.277 e. The second-order valence-electron chi connectivity index (χ2n) is 8.23. The number of hydrogen-bond donors (Lipinski definition) is 1. The summed E-state index contributed by atoms with van der Waals surface area (Å²) in [6.45, 7) is 1.98. The van der Waals surface area contributed by atoms with Gasteiger partial charge in [-0.2, -0.15) is 4.31 Å². The predicted molar refractivity (Wildman–Crippen MR) is 124 cm³/mol. The number of amides is 1. The number of nitrogens with one attached hydrogen (secondary N) is 1. The fourth-order valence-electron chi connectivity index (χ4n) is 4.28. The number of rotatable bonds is 5. The number of carbonyl (C=O) groups is 1. The van der Waals surface area contributed by atoms with Crippen LogP contribution in [0.3, 0.4) is 0 Å². The summed E-state index contributed by atoms with van der Waals surface area (Å²) in [5, 5.41) is 2.47. The van der Waals surface area contributed by atoms with Crippen LogP contribution < -0.4 is 10.3 Å². The van der Waals surface area contributed by atoms with E-state index in [1.807, 2.05) is 12.1 Å². The van der Waals surface area contributed by atoms with Crippen LogP contribution in [0, 0.1) is 0 Å². The Balaban J connectivity index is 1.19. The lowest BCUT2D eigenvalue weighted by molar-refractivity contribution is -0.138. The number of aromatic nitrogens is 1. The molecule has 0 aliphatic carbocycles. The Morgan fingerprint density at radius 2 is 1.79 bits per heavy atom. The van der Waals surface area contributed by atoms with Gasteiger partial charge in [-0.1, -0.05) is 11.6 Å². The van der Waals surface area contributed by atoms with Crippen LogP contribution in [0.2, 0.25) is 5.02 Å². The third kappa shape index (κ3) is 4.56. The first-order chi connectivity index (χ1) is 15.9. The summed E-state index contributed by atoms with van der Waals surface area (Å²) in [7, 11) is -3.93. The minimum Gasteiger partial charge on any atom is -0.443 e. The quantitative estimate of drug-likeness (QED) is 0.587. The fraction of sp³-hybridized carbons (Fsp3) is 0.364. The molecule has 1 N–H and O–H groups in total. The van der Waals surface area contributed by atoms with Crippen LogP contribution in [0.4, 0.5) is 5.69 Å². The molecule has 1 aromatic carbocycles. The van der Waals surface area contributed by atoms with Gasteiger partial charge in [-0.25, -0.2) is 13.8 Å². The van der Waals surface area contributed by atoms with Gasteiger partial charge in [-0.3, -0.25) is 14.8 Å². The molecule has 1 amide bonds. The van der Waals surface area contributed by atoms with E-state index in [9.17, 15) is 13.2 Å². The van der Waals surface area contributed by atoms with Crippen molar-refractivity contribution in [3.63, 3.8) is 0 Å². The van der Waals surface area contributed by atoms with Crippen molar-refractivity contribution in [2.75, 3.05) is 37.6 Å². The number of hydrazine groups is 1. The van der Waals surface area contributed by atoms with Crippen LogP contribution >= 0.6 is 11.6 Å². The molecule has 0 spiro atoms. The van der Waals surface area contributed by atoms with Crippen LogP contribution in [-0.2, 0) is 14.8 Å². The van der Waals surface area contributed by atoms with Gasteiger partial charge < -0.3 is 9.32 Å². The van der Waals surface area contributed by atoms with Crippen LogP contribution in [-0.4, -0.2) is 67.4 Å². The number of fused-ring (bicyclic) bond motifs is 1. The van der Waals surface area contributed by atoms with Gasteiger partial charge in [0.15, 0.2) is 0 Å². The maximum absolute atomic E-state index is 13.1. The molecule has 2 aliphatic heterocycles. The third-order valence-corrected chi connectivity index (χ3v) is 8.03. The van der Waals surface area contributed by atoms with Gasteiger partial charge in [0, 0.05) is 60.2 Å². The lowest BCUT2D eigenvalue weighted by atomic mass is 10.1. The maximum Gasteiger partial charge on any atom is 0.277 e. The van der Waals surface area contributed by atoms with Gasteiger partial charge >= 0.3 is 0 Å². The van der Waals surface area contributed by atoms with Gasteiger partial charge in [0.25, 0.3) is 15.9 Å². The Morgan fingerprint density at radius 3 is 2.52 bits per heavy atom. The van der Waals surface area contributed by atoms with E-state index in [1.165, 1.54) is 10.4 Å². The molecule has 0 saturated carbocycles. The van der Waals surface area contributed by atoms with E-state index >= 15 is 0 Å². The summed E-state index contributed by atoms with van der Waals surface area (Å²) >= 11 is 5.98. The number of benzene rings is 1. The maximum atomic E-state index is 13.1. The molecule has 4 heterocycles. The Kier molecular flexibility index (Phi) is 6.00. The summed E-state index contributed by atoms with van der Waals surface area (Å²) < 4.78 is 32.8. The summed E-state index contributed by atoms with van der Waals surface area (Å²) in [6.07, 6.45) is 5.34. The van der Waals surface area contributed by atoms with Gasteiger partial charge in [0.2, 0.25) is 5.09 Å². The number of sulfonamides is 1. The van der Waals surface area contributed by atoms with Crippen LogP contribution in [0.5, 0.6) is 0 Å². The third-order valence-electron chi connectivity index (χ3n) is 6.10. The van der Waals surface area contributed by atoms with Gasteiger partial charge in [0.1, 0.15) is 5.58 Å². The lowest BCUT2D eigenvalue weighted by Gasteiger charge is -2.39. The Bertz CT molecular complexity index is 1260. The summed E-state index contributed by atoms with van der Waals surface area (Å²) in [6, 6.07) is 10.5. The van der Waals surface area contributed by atoms with E-state index in [-0.39, 0.29) is 36.7 Å². The number of carbonyl (C=O) groups excluding carboxylic acids is 1. The highest BCUT2D eigenvalue weighted by Gasteiger charge is 2.36. The zero-order valence-electron chi connectivity index (χ0n) is 17.9. The Morgan fingerprint density at radius 1 is 1.03 bits per heavy atom. The summed E-state index contributed by atoms with van der Waals surface area (Å²) in [5.74, 6) is -0.277. The first-order valence-electron chi connectivity index (χ1n) is 10.8. The predicted octanol–water partition coefficient (Wildman–Crippen LogP) is 2.49. The van der Waals surface area contributed by atoms with Gasteiger partial charge in [0.05, 0.1) is 13.1 Å². The molecule has 33 heavy (non-hydrogen) atoms. The van der Waals surface area contributed by atoms with Crippen molar-refractivity contribution in [1.29, 1.82) is 0 Å². The highest BCUT2D eigenvalue weighted by Crippen LogP contribution is 2.28. The average Bonchev–Trinajstić information content (AvgIpc) is 3.25. The minimum absolute atomic E-state index is 0.162. The number of anilines is 1. The van der Waals surface area contributed by atoms with Crippen molar-refractivity contribution < 1.29 is 17.6 Å². The molecule has 0 radical (unpaired) electrons. The van der Waals surface area contributed by atoms with Crippen molar-refractivity contribution in [2.45, 2.75) is 24.0 Å². The second kappa shape index (κ2) is 8.94. The molecule has 5 rings (SSSR count). The largest absolute Gasteiger partial charge is 0.443 e. The summed E-state index contributed by atoms with van der Waals surface area (Å²) in [5.41, 5.74) is 4.88. The number of piperazine rings is 1. The van der Waals surface area contributed by atoms with Crippen molar-refractivity contribution in [1.82, 2.24) is 19.7 Å². The molecule has 2 aliphatic rings. The van der Waals surface area contributed by atoms with E-state index in [0.717, 1.165) is 31.6 Å². The van der Waals surface area contributed by atoms with E-state index in [2.05, 4.69) is 15.3 Å². The molecule has 2 fully saturated rings. The van der Waals surface area contributed by atoms with Crippen molar-refractivity contribution >= 4 is 44.2 Å². The van der Waals surface area contributed by atoms with E-state index < -0.39 is 10.0 Å². The fourth-order valence-corrected chi connectivity index (χ4v) is 5.79. The molecule has 0 bridgehead atoms. The van der Waals surface area contributed by atoms with Crippen LogP contribution in [0.15, 0.2) is 58.3 Å². The zero-order valence-corrected chi connectivity index (χ0v) is 19.4. The monoisotopic (exact) mass is 489 g/mol. The number of nitrogens with zero attached hydrogens (tertiary/aromatic N) is 4. The number of piperidine rings is 1. The molecule has 0 unspecified atom stereocenters. The number of pyridine rings is 1. The molecule has 0 atom stereocenters. The van der Waals surface area contributed by atoms with Crippen LogP contribution in [0.25, 0.3) is 11.0 Å². The normalized spacial score (nSPS) is 18.9. The second-order valence-corrected chi connectivity index (χ2v) is 10.5. The van der Waals surface area contributed by atoms with Crippen LogP contribution in [0.1, 0.15) is 12.8 Å². The summed E-state index contributed by atoms with van der Waals surface area (Å²) in [4.78, 5) is 19.1. The van der Waals surface area contributed by atoms with Crippen molar-refractivity contribution in [3.05, 3.63) is 53.8 Å². The van der Waals surface area contributed by atoms with Gasteiger partial charge in [-0.15, -0.1) is 0 Å².